The van der Waals surface area contributed by atoms with E-state index in [1.165, 1.54) is 12.8 Å². The molecular weight excluding hydrogens is 152 g/mol. The zero-order valence-corrected chi connectivity index (χ0v) is 7.69. The molecule has 0 bridgehead atoms. The molecule has 0 amide bonds. The third-order valence-corrected chi connectivity index (χ3v) is 2.59. The van der Waals surface area contributed by atoms with E-state index in [1.807, 2.05) is 0 Å². The maximum atomic E-state index is 5.53. The first kappa shape index (κ1) is 8.11. The van der Waals surface area contributed by atoms with Crippen LogP contribution in [0, 0.1) is 11.8 Å². The number of rotatable bonds is 3. The molecular formula is C10H16O2. The van der Waals surface area contributed by atoms with E-state index in [-0.39, 0.29) is 6.29 Å². The highest BCUT2D eigenvalue weighted by Crippen LogP contribution is 2.37. The van der Waals surface area contributed by atoms with Crippen LogP contribution in [-0.4, -0.2) is 12.4 Å². The highest BCUT2D eigenvalue weighted by molar-refractivity contribution is 5.02. The zero-order valence-electron chi connectivity index (χ0n) is 7.69. The van der Waals surface area contributed by atoms with E-state index in [9.17, 15) is 0 Å². The van der Waals surface area contributed by atoms with E-state index in [1.54, 1.807) is 6.26 Å². The summed E-state index contributed by atoms with van der Waals surface area (Å²) >= 11 is 0. The minimum absolute atomic E-state index is 0.0576. The Morgan fingerprint density at radius 3 is 2.92 bits per heavy atom. The molecule has 1 fully saturated rings. The Hall–Kier alpha value is -0.500. The van der Waals surface area contributed by atoms with Crippen LogP contribution in [0.5, 0.6) is 0 Å². The second-order valence-corrected chi connectivity index (χ2v) is 4.06. The average Bonchev–Trinajstić information content (AvgIpc) is 2.32. The molecule has 1 saturated heterocycles. The molecule has 12 heavy (non-hydrogen) atoms. The van der Waals surface area contributed by atoms with Crippen molar-refractivity contribution in [2.75, 3.05) is 0 Å². The third kappa shape index (κ3) is 1.36. The van der Waals surface area contributed by atoms with Gasteiger partial charge in [-0.3, -0.25) is 0 Å². The molecule has 0 aromatic heterocycles. The summed E-state index contributed by atoms with van der Waals surface area (Å²) in [5.74, 6) is 1.32. The normalized spacial score (nSPS) is 37.8. The van der Waals surface area contributed by atoms with Crippen molar-refractivity contribution < 1.29 is 9.47 Å². The zero-order chi connectivity index (χ0) is 8.55. The SMILES string of the molecule is CC(C)CCC1OC2OC=CC12. The first-order valence-corrected chi connectivity index (χ1v) is 4.75. The average molecular weight is 168 g/mol. The van der Waals surface area contributed by atoms with Crippen LogP contribution in [0.3, 0.4) is 0 Å². The van der Waals surface area contributed by atoms with Crippen molar-refractivity contribution in [1.82, 2.24) is 0 Å². The molecule has 0 spiro atoms. The molecule has 0 saturated carbocycles. The summed E-state index contributed by atoms with van der Waals surface area (Å²) < 4.78 is 10.7. The molecule has 2 heteroatoms. The van der Waals surface area contributed by atoms with Crippen molar-refractivity contribution in [1.29, 1.82) is 0 Å². The van der Waals surface area contributed by atoms with Gasteiger partial charge in [0.1, 0.15) is 0 Å². The summed E-state index contributed by atoms with van der Waals surface area (Å²) in [6.45, 7) is 4.49. The summed E-state index contributed by atoms with van der Waals surface area (Å²) in [7, 11) is 0. The molecule has 0 aliphatic carbocycles. The molecule has 0 aromatic carbocycles. The van der Waals surface area contributed by atoms with Gasteiger partial charge in [0.05, 0.1) is 18.3 Å². The fourth-order valence-electron chi connectivity index (χ4n) is 1.75. The molecule has 2 aliphatic heterocycles. The van der Waals surface area contributed by atoms with E-state index >= 15 is 0 Å². The molecule has 0 radical (unpaired) electrons. The van der Waals surface area contributed by atoms with Crippen LogP contribution in [-0.2, 0) is 9.47 Å². The highest BCUT2D eigenvalue weighted by Gasteiger charge is 2.44. The molecule has 68 valence electrons. The monoisotopic (exact) mass is 168 g/mol. The first-order valence-electron chi connectivity index (χ1n) is 4.75. The van der Waals surface area contributed by atoms with Gasteiger partial charge in [0, 0.05) is 0 Å². The highest BCUT2D eigenvalue weighted by atomic mass is 16.7. The van der Waals surface area contributed by atoms with Crippen LogP contribution >= 0.6 is 0 Å². The lowest BCUT2D eigenvalue weighted by Gasteiger charge is -2.38. The molecule has 3 unspecified atom stereocenters. The van der Waals surface area contributed by atoms with Gasteiger partial charge in [-0.25, -0.2) is 0 Å². The third-order valence-electron chi connectivity index (χ3n) is 2.59. The van der Waals surface area contributed by atoms with Crippen molar-refractivity contribution >= 4 is 0 Å². The molecule has 3 atom stereocenters. The van der Waals surface area contributed by atoms with Crippen molar-refractivity contribution in [3.05, 3.63) is 12.3 Å². The van der Waals surface area contributed by atoms with Gasteiger partial charge in [0.25, 0.3) is 0 Å². The first-order chi connectivity index (χ1) is 5.77. The smallest absolute Gasteiger partial charge is 0.208 e. The summed E-state index contributed by atoms with van der Waals surface area (Å²) in [5, 5.41) is 0. The van der Waals surface area contributed by atoms with Crippen LogP contribution in [0.15, 0.2) is 12.3 Å². The lowest BCUT2D eigenvalue weighted by molar-refractivity contribution is -0.256. The van der Waals surface area contributed by atoms with E-state index in [4.69, 9.17) is 9.47 Å². The van der Waals surface area contributed by atoms with Gasteiger partial charge >= 0.3 is 0 Å². The Bertz CT molecular complexity index is 186. The van der Waals surface area contributed by atoms with Crippen LogP contribution in [0.25, 0.3) is 0 Å². The van der Waals surface area contributed by atoms with Crippen molar-refractivity contribution in [2.24, 2.45) is 11.8 Å². The van der Waals surface area contributed by atoms with E-state index < -0.39 is 0 Å². The van der Waals surface area contributed by atoms with Gasteiger partial charge in [-0.2, -0.15) is 0 Å². The van der Waals surface area contributed by atoms with Gasteiger partial charge in [-0.15, -0.1) is 0 Å². The lowest BCUT2D eigenvalue weighted by Crippen LogP contribution is -2.46. The van der Waals surface area contributed by atoms with E-state index in [2.05, 4.69) is 19.9 Å². The predicted octanol–water partition coefficient (Wildman–Crippen LogP) is 2.31. The Labute approximate surface area is 73.5 Å². The Kier molecular flexibility index (Phi) is 2.09. The molecule has 0 N–H and O–H groups in total. The summed E-state index contributed by atoms with van der Waals surface area (Å²) in [6, 6.07) is 0. The summed E-state index contributed by atoms with van der Waals surface area (Å²) in [4.78, 5) is 0. The number of ether oxygens (including phenoxy) is 2. The van der Waals surface area contributed by atoms with Crippen LogP contribution in [0.4, 0.5) is 0 Å². The number of hydrogen-bond acceptors (Lipinski definition) is 2. The minimum atomic E-state index is 0.0576. The van der Waals surface area contributed by atoms with Crippen LogP contribution < -0.4 is 0 Å². The summed E-state index contributed by atoms with van der Waals surface area (Å²) in [5.41, 5.74) is 0. The van der Waals surface area contributed by atoms with Gasteiger partial charge in [0.15, 0.2) is 0 Å². The molecule has 2 aliphatic rings. The molecule has 2 nitrogen and oxygen atoms in total. The number of hydrogen-bond donors (Lipinski definition) is 0. The second-order valence-electron chi connectivity index (χ2n) is 4.06. The fourth-order valence-corrected chi connectivity index (χ4v) is 1.75. The molecule has 2 heterocycles. The largest absolute Gasteiger partial charge is 0.472 e. The van der Waals surface area contributed by atoms with Crippen LogP contribution in [0.2, 0.25) is 0 Å². The van der Waals surface area contributed by atoms with Crippen LogP contribution in [0.1, 0.15) is 26.7 Å². The van der Waals surface area contributed by atoms with Gasteiger partial charge in [-0.1, -0.05) is 13.8 Å². The molecule has 0 aromatic rings. The number of fused-ring (bicyclic) bond motifs is 1. The Morgan fingerprint density at radius 2 is 2.25 bits per heavy atom. The summed E-state index contributed by atoms with van der Waals surface area (Å²) in [6.07, 6.45) is 6.80. The molecule has 2 rings (SSSR count). The van der Waals surface area contributed by atoms with Crippen molar-refractivity contribution in [3.8, 4) is 0 Å². The topological polar surface area (TPSA) is 18.5 Å². The van der Waals surface area contributed by atoms with Gasteiger partial charge < -0.3 is 9.47 Å². The van der Waals surface area contributed by atoms with Gasteiger partial charge in [0.2, 0.25) is 6.29 Å². The van der Waals surface area contributed by atoms with E-state index in [0.29, 0.717) is 12.0 Å². The Morgan fingerprint density at radius 1 is 1.42 bits per heavy atom. The minimum Gasteiger partial charge on any atom is -0.472 e. The van der Waals surface area contributed by atoms with Gasteiger partial charge in [-0.05, 0) is 24.8 Å². The maximum absolute atomic E-state index is 5.53. The quantitative estimate of drug-likeness (QED) is 0.643. The van der Waals surface area contributed by atoms with Crippen molar-refractivity contribution in [3.63, 3.8) is 0 Å². The predicted molar refractivity (Wildman–Crippen MR) is 46.4 cm³/mol. The maximum Gasteiger partial charge on any atom is 0.208 e. The van der Waals surface area contributed by atoms with E-state index in [0.717, 1.165) is 5.92 Å². The Balaban J connectivity index is 1.74. The van der Waals surface area contributed by atoms with Crippen molar-refractivity contribution in [2.45, 2.75) is 39.1 Å². The lowest BCUT2D eigenvalue weighted by atomic mass is 9.91. The fraction of sp³-hybridized carbons (Fsp3) is 0.800. The standard InChI is InChI=1S/C10H16O2/c1-7(2)3-4-9-8-5-6-11-10(8)12-9/h5-10H,3-4H2,1-2H3. The second kappa shape index (κ2) is 3.09.